The van der Waals surface area contributed by atoms with Crippen LogP contribution in [-0.4, -0.2) is 26.5 Å². The van der Waals surface area contributed by atoms with Gasteiger partial charge in [0.05, 0.1) is 11.7 Å². The van der Waals surface area contributed by atoms with E-state index in [0.717, 1.165) is 16.5 Å². The summed E-state index contributed by atoms with van der Waals surface area (Å²) in [5, 5.41) is 8.19. The number of hydrogen-bond donors (Lipinski definition) is 1. The number of ketones is 1. The first-order valence-electron chi connectivity index (χ1n) is 10.7. The van der Waals surface area contributed by atoms with Crippen molar-refractivity contribution in [1.29, 1.82) is 0 Å². The number of carbonyl (C=O) groups is 2. The van der Waals surface area contributed by atoms with Crippen LogP contribution in [0, 0.1) is 0 Å². The van der Waals surface area contributed by atoms with E-state index in [1.165, 1.54) is 0 Å². The van der Waals surface area contributed by atoms with Gasteiger partial charge in [0.25, 0.3) is 5.91 Å². The van der Waals surface area contributed by atoms with Crippen LogP contribution in [0.3, 0.4) is 0 Å². The maximum Gasteiger partial charge on any atom is 0.255 e. The monoisotopic (exact) mass is 444 g/mol. The Labute approximate surface area is 196 Å². The third-order valence-electron chi connectivity index (χ3n) is 5.39. The molecule has 0 saturated carbocycles. The summed E-state index contributed by atoms with van der Waals surface area (Å²) in [4.78, 5) is 29.6. The number of benzene rings is 3. The number of fused-ring (bicyclic) bond motifs is 1. The van der Waals surface area contributed by atoms with Gasteiger partial charge in [0.15, 0.2) is 5.78 Å². The molecule has 6 nitrogen and oxygen atoms in total. The van der Waals surface area contributed by atoms with Crippen molar-refractivity contribution in [1.82, 2.24) is 14.8 Å². The fourth-order valence-corrected chi connectivity index (χ4v) is 3.63. The Hall–Kier alpha value is -4.84. The first-order chi connectivity index (χ1) is 16.7. The van der Waals surface area contributed by atoms with Crippen LogP contribution in [0.5, 0.6) is 0 Å². The summed E-state index contributed by atoms with van der Waals surface area (Å²) >= 11 is 0. The first-order valence-corrected chi connectivity index (χ1v) is 10.7. The molecular formula is C28H20N4O2. The molecule has 0 aliphatic carbocycles. The van der Waals surface area contributed by atoms with Crippen molar-refractivity contribution in [3.63, 3.8) is 0 Å². The molecule has 2 aromatic heterocycles. The molecule has 0 atom stereocenters. The van der Waals surface area contributed by atoms with Crippen LogP contribution in [0.1, 0.15) is 31.8 Å². The predicted molar refractivity (Wildman–Crippen MR) is 133 cm³/mol. The van der Waals surface area contributed by atoms with Gasteiger partial charge in [-0.25, -0.2) is 4.68 Å². The van der Waals surface area contributed by atoms with Crippen LogP contribution in [0.2, 0.25) is 0 Å². The highest BCUT2D eigenvalue weighted by molar-refractivity contribution is 6.11. The Morgan fingerprint density at radius 3 is 2.41 bits per heavy atom. The minimum absolute atomic E-state index is 0.137. The molecule has 0 bridgehead atoms. The second-order valence-electron chi connectivity index (χ2n) is 7.69. The number of nitrogens with zero attached hydrogens (tertiary/aromatic N) is 3. The Balaban J connectivity index is 1.39. The molecule has 6 heteroatoms. The molecule has 1 amide bonds. The molecule has 5 aromatic rings. The highest BCUT2D eigenvalue weighted by Gasteiger charge is 2.13. The van der Waals surface area contributed by atoms with Crippen LogP contribution in [0.25, 0.3) is 23.2 Å². The number of anilines is 1. The molecule has 0 aliphatic heterocycles. The molecule has 0 spiro atoms. The average Bonchev–Trinajstić information content (AvgIpc) is 3.30. The summed E-state index contributed by atoms with van der Waals surface area (Å²) < 4.78 is 1.75. The molecule has 1 N–H and O–H groups in total. The lowest BCUT2D eigenvalue weighted by Gasteiger charge is -2.08. The summed E-state index contributed by atoms with van der Waals surface area (Å²) in [6.07, 6.45) is 8.74. The lowest BCUT2D eigenvalue weighted by atomic mass is 10.0. The van der Waals surface area contributed by atoms with Gasteiger partial charge in [-0.2, -0.15) is 5.10 Å². The Morgan fingerprint density at radius 1 is 0.794 bits per heavy atom. The number of aromatic nitrogens is 3. The number of nitrogens with one attached hydrogen (secondary N) is 1. The Kier molecular flexibility index (Phi) is 5.78. The molecule has 2 heterocycles. The minimum Gasteiger partial charge on any atom is -0.322 e. The molecule has 5 rings (SSSR count). The van der Waals surface area contributed by atoms with Gasteiger partial charge in [0, 0.05) is 46.4 Å². The second-order valence-corrected chi connectivity index (χ2v) is 7.69. The van der Waals surface area contributed by atoms with E-state index in [2.05, 4.69) is 15.4 Å². The highest BCUT2D eigenvalue weighted by Crippen LogP contribution is 2.21. The van der Waals surface area contributed by atoms with E-state index >= 15 is 0 Å². The molecule has 3 aromatic carbocycles. The molecular weight excluding hydrogens is 424 g/mol. The lowest BCUT2D eigenvalue weighted by molar-refractivity contribution is 0.102. The minimum atomic E-state index is -0.262. The normalized spacial score (nSPS) is 11.1. The molecule has 0 saturated heterocycles. The molecule has 164 valence electrons. The predicted octanol–water partition coefficient (Wildman–Crippen LogP) is 5.54. The van der Waals surface area contributed by atoms with E-state index in [9.17, 15) is 9.59 Å². The quantitative estimate of drug-likeness (QED) is 0.349. The SMILES string of the molecule is O=C(Nc1cccc(C(=O)c2ccc3cnn(C=Cc4ccccc4)c3c2)c1)c1ccncc1. The zero-order valence-corrected chi connectivity index (χ0v) is 18.1. The third kappa shape index (κ3) is 4.52. The standard InChI is InChI=1S/C28H20N4O2/c33-27(22-7-4-8-25(17-22)31-28(34)21-11-14-29-15-12-21)23-9-10-24-19-30-32(26(24)18-23)16-13-20-5-2-1-3-6-20/h1-19H,(H,31,34). The summed E-state index contributed by atoms with van der Waals surface area (Å²) in [5.74, 6) is -0.399. The van der Waals surface area contributed by atoms with Gasteiger partial charge in [0.1, 0.15) is 0 Å². The van der Waals surface area contributed by atoms with Crippen LogP contribution >= 0.6 is 0 Å². The summed E-state index contributed by atoms with van der Waals surface area (Å²) in [6.45, 7) is 0. The zero-order chi connectivity index (χ0) is 23.3. The highest BCUT2D eigenvalue weighted by atomic mass is 16.1. The number of amides is 1. The van der Waals surface area contributed by atoms with E-state index in [-0.39, 0.29) is 11.7 Å². The molecule has 0 aliphatic rings. The van der Waals surface area contributed by atoms with Gasteiger partial charge in [-0.05, 0) is 42.0 Å². The van der Waals surface area contributed by atoms with Gasteiger partial charge in [-0.3, -0.25) is 14.6 Å². The largest absolute Gasteiger partial charge is 0.322 e. The third-order valence-corrected chi connectivity index (χ3v) is 5.39. The van der Waals surface area contributed by atoms with Crippen molar-refractivity contribution in [2.75, 3.05) is 5.32 Å². The van der Waals surface area contributed by atoms with Gasteiger partial charge in [-0.1, -0.05) is 54.6 Å². The molecule has 0 radical (unpaired) electrons. The van der Waals surface area contributed by atoms with Crippen LogP contribution in [-0.2, 0) is 0 Å². The number of rotatable bonds is 6. The fourth-order valence-electron chi connectivity index (χ4n) is 3.63. The van der Waals surface area contributed by atoms with Crippen molar-refractivity contribution in [3.05, 3.63) is 126 Å². The van der Waals surface area contributed by atoms with E-state index < -0.39 is 0 Å². The Morgan fingerprint density at radius 2 is 1.59 bits per heavy atom. The van der Waals surface area contributed by atoms with Gasteiger partial charge >= 0.3 is 0 Å². The smallest absolute Gasteiger partial charge is 0.255 e. The first kappa shape index (κ1) is 21.0. The van der Waals surface area contributed by atoms with Crippen molar-refractivity contribution in [3.8, 4) is 0 Å². The van der Waals surface area contributed by atoms with Gasteiger partial charge in [-0.15, -0.1) is 0 Å². The number of pyridine rings is 1. The van der Waals surface area contributed by atoms with E-state index in [1.807, 2.05) is 54.7 Å². The number of carbonyl (C=O) groups excluding carboxylic acids is 2. The van der Waals surface area contributed by atoms with E-state index in [4.69, 9.17) is 0 Å². The zero-order valence-electron chi connectivity index (χ0n) is 18.1. The summed E-state index contributed by atoms with van der Waals surface area (Å²) in [6, 6.07) is 25.6. The topological polar surface area (TPSA) is 76.9 Å². The van der Waals surface area contributed by atoms with Crippen LogP contribution in [0.15, 0.2) is 104 Å². The average molecular weight is 444 g/mol. The molecule has 0 fully saturated rings. The van der Waals surface area contributed by atoms with Gasteiger partial charge in [0.2, 0.25) is 0 Å². The summed E-state index contributed by atoms with van der Waals surface area (Å²) in [5.41, 5.74) is 3.96. The van der Waals surface area contributed by atoms with Crippen molar-refractivity contribution in [2.45, 2.75) is 0 Å². The van der Waals surface area contributed by atoms with Crippen molar-refractivity contribution < 1.29 is 9.59 Å². The molecule has 34 heavy (non-hydrogen) atoms. The fraction of sp³-hybridized carbons (Fsp3) is 0. The summed E-state index contributed by atoms with van der Waals surface area (Å²) in [7, 11) is 0. The lowest BCUT2D eigenvalue weighted by Crippen LogP contribution is -2.12. The van der Waals surface area contributed by atoms with Crippen molar-refractivity contribution >= 4 is 40.6 Å². The van der Waals surface area contributed by atoms with E-state index in [1.54, 1.807) is 65.7 Å². The van der Waals surface area contributed by atoms with Gasteiger partial charge < -0.3 is 5.32 Å². The maximum absolute atomic E-state index is 13.2. The molecule has 0 unspecified atom stereocenters. The van der Waals surface area contributed by atoms with Crippen molar-refractivity contribution in [2.24, 2.45) is 0 Å². The number of hydrogen-bond acceptors (Lipinski definition) is 4. The van der Waals surface area contributed by atoms with Crippen LogP contribution < -0.4 is 5.32 Å². The Bertz CT molecular complexity index is 1510. The van der Waals surface area contributed by atoms with Crippen LogP contribution in [0.4, 0.5) is 5.69 Å². The maximum atomic E-state index is 13.2. The second kappa shape index (κ2) is 9.34. The van der Waals surface area contributed by atoms with E-state index in [0.29, 0.717) is 22.4 Å².